The molecule has 5 saturated heterocycles. The van der Waals surface area contributed by atoms with Gasteiger partial charge in [0.05, 0.1) is 122 Å². The van der Waals surface area contributed by atoms with Crippen molar-refractivity contribution in [2.24, 2.45) is 16.5 Å². The minimum Gasteiger partial charge on any atom is -0.383 e. The quantitative estimate of drug-likeness (QED) is 0.00953. The minimum absolute atomic E-state index is 0.0417. The van der Waals surface area contributed by atoms with Crippen LogP contribution in [0.4, 0.5) is 29.2 Å². The predicted octanol–water partition coefficient (Wildman–Crippen LogP) is -1.07. The van der Waals surface area contributed by atoms with E-state index >= 15 is 18.3 Å². The average molecular weight is 1990 g/mol. The lowest BCUT2D eigenvalue weighted by molar-refractivity contribution is -0.158. The van der Waals surface area contributed by atoms with Crippen molar-refractivity contribution < 1.29 is 83.5 Å². The summed E-state index contributed by atoms with van der Waals surface area (Å²) < 4.78 is 167. The zero-order valence-corrected chi connectivity index (χ0v) is 81.0. The van der Waals surface area contributed by atoms with Crippen molar-refractivity contribution in [3.63, 3.8) is 0 Å². The van der Waals surface area contributed by atoms with Crippen LogP contribution in [0.1, 0.15) is 64.8 Å². The van der Waals surface area contributed by atoms with Gasteiger partial charge in [0.2, 0.25) is 23.7 Å². The number of carbonyl (C=O) groups is 3. The molecule has 135 heavy (non-hydrogen) atoms. The van der Waals surface area contributed by atoms with Crippen molar-refractivity contribution in [2.45, 2.75) is 107 Å². The van der Waals surface area contributed by atoms with Gasteiger partial charge in [-0.3, -0.25) is 74.8 Å². The summed E-state index contributed by atoms with van der Waals surface area (Å²) in [6.45, 7) is -0.115. The highest BCUT2D eigenvalue weighted by Crippen LogP contribution is 2.61. The van der Waals surface area contributed by atoms with E-state index in [1.165, 1.54) is 152 Å². The molecule has 63 heteroatoms. The van der Waals surface area contributed by atoms with Crippen LogP contribution in [0, 0.1) is 0 Å². The predicted molar refractivity (Wildman–Crippen MR) is 489 cm³/mol. The molecule has 0 aliphatic carbocycles. The Bertz CT molecular complexity index is 6180. The number of hydrogen-bond acceptors (Lipinski definition) is 38. The molecule has 5 aliphatic rings. The van der Waals surface area contributed by atoms with Crippen LogP contribution in [0.3, 0.4) is 0 Å². The number of hydrogen-bond donors (Lipinski definition) is 10. The Hall–Kier alpha value is -10.1. The van der Waals surface area contributed by atoms with Crippen LogP contribution in [0.15, 0.2) is 71.1 Å². The monoisotopic (exact) mass is 1990 g/mol. The molecule has 0 aromatic carbocycles. The molecular formula is C72H115N38O20P5. The number of nitrogens with zero attached hydrogens (tertiary/aromatic N) is 28. The Balaban J connectivity index is 0.735. The van der Waals surface area contributed by atoms with Gasteiger partial charge in [-0.1, -0.05) is 13.8 Å². The summed E-state index contributed by atoms with van der Waals surface area (Å²) in [5, 5.41) is 5.23. The first kappa shape index (κ1) is 101. The Morgan fingerprint density at radius 1 is 0.489 bits per heavy atom. The van der Waals surface area contributed by atoms with E-state index in [9.17, 15) is 28.5 Å². The molecular weight excluding hydrogens is 1870 g/mol. The molecule has 14 rings (SSSR count). The fourth-order valence-electron chi connectivity index (χ4n) is 16.2. The summed E-state index contributed by atoms with van der Waals surface area (Å²) in [6.07, 6.45) is -0.333. The number of amides is 3. The topological polar surface area (TPSA) is 709 Å². The Morgan fingerprint density at radius 3 is 1.23 bits per heavy atom. The lowest BCUT2D eigenvalue weighted by Gasteiger charge is -2.46. The molecule has 5 aliphatic heterocycles. The molecule has 3 amide bonds. The van der Waals surface area contributed by atoms with Crippen molar-refractivity contribution in [1.82, 2.24) is 145 Å². The molecule has 0 radical (unpaired) electrons. The molecule has 0 spiro atoms. The maximum absolute atomic E-state index is 16.6. The molecule has 5 fully saturated rings. The van der Waals surface area contributed by atoms with Crippen molar-refractivity contribution >= 4 is 136 Å². The Kier molecular flexibility index (Phi) is 31.2. The summed E-state index contributed by atoms with van der Waals surface area (Å²) in [4.78, 5) is 128. The third-order valence-corrected chi connectivity index (χ3v) is 36.0. The van der Waals surface area contributed by atoms with Crippen LogP contribution in [0.2, 0.25) is 0 Å². The highest BCUT2D eigenvalue weighted by Gasteiger charge is 2.52. The Labute approximate surface area is 772 Å². The van der Waals surface area contributed by atoms with Gasteiger partial charge in [0.1, 0.15) is 72.2 Å². The number of imidazole rings is 4. The van der Waals surface area contributed by atoms with E-state index in [-0.39, 0.29) is 159 Å². The average Bonchev–Trinajstić information content (AvgIpc) is 1.72. The summed E-state index contributed by atoms with van der Waals surface area (Å²) in [7, 11) is -5.61. The molecule has 9 aromatic rings. The van der Waals surface area contributed by atoms with E-state index in [0.717, 1.165) is 4.57 Å². The number of ether oxygens (including phenoxy) is 5. The maximum Gasteiger partial charge on any atom is 0.351 e. The smallest absolute Gasteiger partial charge is 0.351 e. The number of aliphatic imine (C=N–C) groups is 1. The summed E-state index contributed by atoms with van der Waals surface area (Å²) in [5.41, 5.74) is 41.4. The number of fused-ring (bicyclic) bond motifs is 4. The van der Waals surface area contributed by atoms with Gasteiger partial charge in [0.15, 0.2) is 64.0 Å². The van der Waals surface area contributed by atoms with Crippen molar-refractivity contribution in [2.75, 3.05) is 211 Å². The van der Waals surface area contributed by atoms with Crippen molar-refractivity contribution in [3.8, 4) is 0 Å². The highest BCUT2D eigenvalue weighted by molar-refractivity contribution is 7.57. The van der Waals surface area contributed by atoms with E-state index in [0.29, 0.717) is 12.1 Å². The number of aromatic nitrogens is 18. The van der Waals surface area contributed by atoms with Gasteiger partial charge in [-0.05, 0) is 89.4 Å². The number of anilines is 5. The molecule has 9 aromatic heterocycles. The minimum atomic E-state index is -4.53. The summed E-state index contributed by atoms with van der Waals surface area (Å²) >= 11 is 0. The van der Waals surface area contributed by atoms with Crippen LogP contribution < -0.4 is 62.0 Å². The molecule has 58 nitrogen and oxygen atoms in total. The second kappa shape index (κ2) is 41.7. The van der Waals surface area contributed by atoms with E-state index in [4.69, 9.17) is 86.4 Å². The third kappa shape index (κ3) is 21.8. The van der Waals surface area contributed by atoms with Gasteiger partial charge in [0.25, 0.3) is 13.1 Å². The molecule has 16 atom stereocenters. The van der Waals surface area contributed by atoms with Crippen molar-refractivity contribution in [1.29, 1.82) is 0 Å². The van der Waals surface area contributed by atoms with E-state index < -0.39 is 174 Å². The zero-order chi connectivity index (χ0) is 97.2. The van der Waals surface area contributed by atoms with Gasteiger partial charge < -0.3 is 102 Å². The van der Waals surface area contributed by atoms with Gasteiger partial charge in [-0.15, -0.1) is 0 Å². The van der Waals surface area contributed by atoms with Gasteiger partial charge in [0, 0.05) is 58.0 Å². The number of carbonyl (C=O) groups excluding carboxylic acids is 3. The van der Waals surface area contributed by atoms with Crippen LogP contribution in [-0.2, 0) is 83.5 Å². The number of nitrogen functional groups attached to an aromatic ring is 5. The molecule has 0 bridgehead atoms. The standard InChI is InChI=1S/C72H115N38O20P5/c1-42(2)131(116,96(4)5)121-30-45-21-103(27-54(128-45)108-39-89-58-62(75)83-36-86-65(58)108)133(118,98(8)9)124-33-47-23-104(28-55(129-47)109-40-90-59-63(76)84-37-87-66(59)109)134(119,99(10)11)125-34-48-24-105(29-56(130-48)110-41-91-60-67(110)94-71(79)95-69(60)114)135(120,100(12)13)123-32-46-22-102(26-53(127-46)106-18-16-50(73)93-72(106)115)132(117,97(6)7)122-31-44-20-101(25-52(126-44)107-38-88-57-61(74)82-35-85-64(57)107)51(112)19-81-68(113)49(92-43(3)111)15-14-17-80-70(77)78/h16,18,35-42,44-49,52-56H,14-15,17,19-34H2,1-13H3,(H,81,113)(H,92,111)(H2,73,93,115)(H2,74,82,85)(H2,75,83,86)(H2,76,84,87)(H4,77,78,80)(H3,79,94,95,114). The first-order valence-electron chi connectivity index (χ1n) is 42.6. The van der Waals surface area contributed by atoms with Gasteiger partial charge in [-0.2, -0.15) is 9.97 Å². The number of H-pyrrole nitrogens is 1. The zero-order valence-electron chi connectivity index (χ0n) is 76.5. The number of morpholine rings is 5. The molecule has 0 saturated carbocycles. The lowest BCUT2D eigenvalue weighted by atomic mass is 10.1. The molecule has 16 unspecified atom stereocenters. The van der Waals surface area contributed by atoms with E-state index in [1.54, 1.807) is 60.5 Å². The van der Waals surface area contributed by atoms with Crippen LogP contribution in [-0.4, -0.2) is 383 Å². The number of aromatic amines is 1. The van der Waals surface area contributed by atoms with E-state index in [2.05, 4.69) is 80.4 Å². The SMILES string of the molecule is CC(=O)NC(CCCN=C(N)N)C(=O)NCC(=O)N1CC(COP(=O)(N(C)C)N2CC(COP(=O)(N(C)C)N3CC(COP(=O)(N(C)C)N4CC(COP(=O)(N(C)C)N5CC(COP(=O)(C(C)C)N(C)C)OC(n6cnc7c(N)ncnc76)C5)OC(n5cnc6c(N)ncnc65)C4)OC(n4cnc5c(=O)[nH]c(N)nc54)C3)OC(n3ccc(N)nc3=O)C2)OC(n2cnc3c(N)ncnc32)C1. The molecule has 738 valence electrons. The largest absolute Gasteiger partial charge is 0.383 e. The van der Waals surface area contributed by atoms with Crippen LogP contribution in [0.25, 0.3) is 44.7 Å². The fraction of sp³-hybridized carbons (Fsp3) is 0.611. The van der Waals surface area contributed by atoms with Crippen LogP contribution >= 0.6 is 38.2 Å². The number of nitrogens with one attached hydrogen (secondary N) is 3. The second-order valence-electron chi connectivity index (χ2n) is 33.7. The molecule has 17 N–H and O–H groups in total. The number of nitrogens with two attached hydrogens (primary N) is 7. The fourth-order valence-corrected chi connectivity index (χ4v) is 26.0. The summed E-state index contributed by atoms with van der Waals surface area (Å²) in [6, 6.07) is 0.292. The number of guanidine groups is 1. The first-order valence-corrected chi connectivity index (χ1v) is 50.4. The Morgan fingerprint density at radius 2 is 0.859 bits per heavy atom. The van der Waals surface area contributed by atoms with Gasteiger partial charge in [-0.25, -0.2) is 96.7 Å². The molecule has 14 heterocycles. The van der Waals surface area contributed by atoms with Crippen molar-refractivity contribution in [3.05, 3.63) is 77.4 Å². The van der Waals surface area contributed by atoms with Gasteiger partial charge >= 0.3 is 36.4 Å². The number of rotatable bonds is 38. The summed E-state index contributed by atoms with van der Waals surface area (Å²) in [5.74, 6) is -2.11. The normalized spacial score (nSPS) is 24.2. The maximum atomic E-state index is 16.6. The first-order chi connectivity index (χ1) is 64.0. The lowest BCUT2D eigenvalue weighted by Crippen LogP contribution is -2.54. The highest BCUT2D eigenvalue weighted by atomic mass is 31.2. The van der Waals surface area contributed by atoms with E-state index in [1.807, 2.05) is 0 Å². The third-order valence-electron chi connectivity index (χ3n) is 22.9. The second-order valence-corrected chi connectivity index (χ2v) is 47.3. The van der Waals surface area contributed by atoms with Crippen LogP contribution in [0.5, 0.6) is 0 Å².